The number of hydrogen-bond donors (Lipinski definition) is 0. The van der Waals surface area contributed by atoms with Crippen LogP contribution in [0, 0.1) is 19.8 Å². The lowest BCUT2D eigenvalue weighted by molar-refractivity contribution is -0.122. The molecule has 1 saturated heterocycles. The minimum Gasteiger partial charge on any atom is -0.497 e. The Morgan fingerprint density at radius 2 is 1.76 bits per heavy atom. The normalized spacial score (nSPS) is 16.4. The molecule has 0 atom stereocenters. The van der Waals surface area contributed by atoms with Crippen LogP contribution in [-0.2, 0) is 4.79 Å². The van der Waals surface area contributed by atoms with Crippen LogP contribution in [0.2, 0.25) is 0 Å². The zero-order chi connectivity index (χ0) is 23.5. The van der Waals surface area contributed by atoms with Crippen molar-refractivity contribution in [2.45, 2.75) is 27.7 Å². The van der Waals surface area contributed by atoms with Gasteiger partial charge in [0.1, 0.15) is 5.75 Å². The van der Waals surface area contributed by atoms with E-state index in [-0.39, 0.29) is 5.91 Å². The molecule has 0 bridgehead atoms. The van der Waals surface area contributed by atoms with Crippen molar-refractivity contribution in [1.29, 1.82) is 0 Å². The van der Waals surface area contributed by atoms with Crippen molar-refractivity contribution in [2.75, 3.05) is 13.7 Å². The summed E-state index contributed by atoms with van der Waals surface area (Å²) in [5.41, 5.74) is 5.14. The standard InChI is InChI=1S/C27H29N3O2S/c1-18(2)17-29-26(31)25(33-27(29)28-22-9-7-6-8-10-22)16-21-15-19(3)30(20(21)4)23-11-13-24(32-5)14-12-23/h6-16,18H,17H2,1-5H3. The van der Waals surface area contributed by atoms with Crippen molar-refractivity contribution < 1.29 is 9.53 Å². The van der Waals surface area contributed by atoms with Crippen molar-refractivity contribution in [3.05, 3.63) is 82.5 Å². The highest BCUT2D eigenvalue weighted by Crippen LogP contribution is 2.36. The van der Waals surface area contributed by atoms with Crippen LogP contribution in [-0.4, -0.2) is 34.2 Å². The van der Waals surface area contributed by atoms with E-state index in [1.807, 2.05) is 60.7 Å². The van der Waals surface area contributed by atoms with Gasteiger partial charge in [-0.2, -0.15) is 0 Å². The van der Waals surface area contributed by atoms with Crippen molar-refractivity contribution in [2.24, 2.45) is 10.9 Å². The zero-order valence-electron chi connectivity index (χ0n) is 19.7. The van der Waals surface area contributed by atoms with Gasteiger partial charge in [-0.1, -0.05) is 32.0 Å². The van der Waals surface area contributed by atoms with E-state index < -0.39 is 0 Å². The second kappa shape index (κ2) is 9.71. The zero-order valence-corrected chi connectivity index (χ0v) is 20.5. The molecule has 2 aromatic carbocycles. The average Bonchev–Trinajstić information content (AvgIpc) is 3.24. The number of methoxy groups -OCH3 is 1. The van der Waals surface area contributed by atoms with E-state index in [0.29, 0.717) is 17.4 Å². The lowest BCUT2D eigenvalue weighted by atomic mass is 10.2. The fourth-order valence-corrected chi connectivity index (χ4v) is 4.93. The number of ether oxygens (including phenoxy) is 1. The average molecular weight is 460 g/mol. The monoisotopic (exact) mass is 459 g/mol. The van der Waals surface area contributed by atoms with E-state index in [9.17, 15) is 4.79 Å². The molecule has 0 N–H and O–H groups in total. The summed E-state index contributed by atoms with van der Waals surface area (Å²) in [5, 5.41) is 0.732. The van der Waals surface area contributed by atoms with Crippen molar-refractivity contribution in [1.82, 2.24) is 9.47 Å². The third-order valence-corrected chi connectivity index (χ3v) is 6.51. The first-order valence-electron chi connectivity index (χ1n) is 11.1. The fraction of sp³-hybridized carbons (Fsp3) is 0.259. The summed E-state index contributed by atoms with van der Waals surface area (Å²) < 4.78 is 7.48. The van der Waals surface area contributed by atoms with Gasteiger partial charge in [-0.05, 0) is 85.6 Å². The number of aromatic nitrogens is 1. The molecular weight excluding hydrogens is 430 g/mol. The molecule has 1 aromatic heterocycles. The molecule has 170 valence electrons. The predicted octanol–water partition coefficient (Wildman–Crippen LogP) is 6.36. The van der Waals surface area contributed by atoms with E-state index in [1.54, 1.807) is 12.0 Å². The Bertz CT molecular complexity index is 1210. The quantitative estimate of drug-likeness (QED) is 0.403. The number of carbonyl (C=O) groups excluding carboxylic acids is 1. The van der Waals surface area contributed by atoms with Crippen molar-refractivity contribution >= 4 is 34.6 Å². The number of carbonyl (C=O) groups is 1. The highest BCUT2D eigenvalue weighted by Gasteiger charge is 2.34. The number of amidine groups is 1. The largest absolute Gasteiger partial charge is 0.497 e. The predicted molar refractivity (Wildman–Crippen MR) is 137 cm³/mol. The minimum atomic E-state index is 0.0117. The van der Waals surface area contributed by atoms with Crippen molar-refractivity contribution in [3.63, 3.8) is 0 Å². The number of aliphatic imine (C=N–C) groups is 1. The number of amides is 1. The number of benzene rings is 2. The SMILES string of the molecule is COc1ccc(-n2c(C)cc(C=C3SC(=Nc4ccccc4)N(CC(C)C)C3=O)c2C)cc1. The molecule has 5 nitrogen and oxygen atoms in total. The number of hydrogen-bond acceptors (Lipinski definition) is 4. The topological polar surface area (TPSA) is 46.8 Å². The van der Waals surface area contributed by atoms with Crippen LogP contribution in [0.3, 0.4) is 0 Å². The Morgan fingerprint density at radius 3 is 2.39 bits per heavy atom. The summed E-state index contributed by atoms with van der Waals surface area (Å²) in [6.07, 6.45) is 2.00. The van der Waals surface area contributed by atoms with E-state index >= 15 is 0 Å². The summed E-state index contributed by atoms with van der Waals surface area (Å²) >= 11 is 1.44. The minimum absolute atomic E-state index is 0.0117. The highest BCUT2D eigenvalue weighted by atomic mass is 32.2. The number of aryl methyl sites for hydroxylation is 1. The van der Waals surface area contributed by atoms with Crippen LogP contribution >= 0.6 is 11.8 Å². The van der Waals surface area contributed by atoms with Gasteiger partial charge >= 0.3 is 0 Å². The first-order valence-corrected chi connectivity index (χ1v) is 11.9. The third-order valence-electron chi connectivity index (χ3n) is 5.50. The molecule has 1 amide bonds. The number of thioether (sulfide) groups is 1. The van der Waals surface area contributed by atoms with Crippen LogP contribution in [0.25, 0.3) is 11.8 Å². The van der Waals surface area contributed by atoms with Gasteiger partial charge in [0.25, 0.3) is 5.91 Å². The second-order valence-corrected chi connectivity index (χ2v) is 9.52. The Labute approximate surface area is 199 Å². The van der Waals surface area contributed by atoms with Crippen LogP contribution in [0.5, 0.6) is 5.75 Å². The van der Waals surface area contributed by atoms with E-state index in [0.717, 1.165) is 39.2 Å². The Morgan fingerprint density at radius 1 is 1.06 bits per heavy atom. The number of rotatable bonds is 6. The lowest BCUT2D eigenvalue weighted by Crippen LogP contribution is -2.32. The van der Waals surface area contributed by atoms with Gasteiger partial charge in [-0.3, -0.25) is 9.69 Å². The van der Waals surface area contributed by atoms with Crippen LogP contribution in [0.1, 0.15) is 30.8 Å². The van der Waals surface area contributed by atoms with Gasteiger partial charge in [0.15, 0.2) is 5.17 Å². The molecule has 1 aliphatic heterocycles. The van der Waals surface area contributed by atoms with E-state index in [2.05, 4.69) is 38.3 Å². The molecule has 0 saturated carbocycles. The number of nitrogens with zero attached hydrogens (tertiary/aromatic N) is 3. The molecule has 0 unspecified atom stereocenters. The molecule has 1 aliphatic rings. The van der Waals surface area contributed by atoms with Gasteiger partial charge in [-0.25, -0.2) is 4.99 Å². The molecule has 2 heterocycles. The fourth-order valence-electron chi connectivity index (χ4n) is 3.93. The summed E-state index contributed by atoms with van der Waals surface area (Å²) in [4.78, 5) is 20.6. The maximum Gasteiger partial charge on any atom is 0.266 e. The first kappa shape index (κ1) is 22.9. The highest BCUT2D eigenvalue weighted by molar-refractivity contribution is 8.18. The van der Waals surface area contributed by atoms with Crippen LogP contribution < -0.4 is 4.74 Å². The van der Waals surface area contributed by atoms with E-state index in [1.165, 1.54) is 11.8 Å². The Kier molecular flexibility index (Phi) is 6.75. The lowest BCUT2D eigenvalue weighted by Gasteiger charge is -2.17. The van der Waals surface area contributed by atoms with Gasteiger partial charge in [0, 0.05) is 23.6 Å². The summed E-state index contributed by atoms with van der Waals surface area (Å²) in [6.45, 7) is 9.03. The van der Waals surface area contributed by atoms with Gasteiger partial charge < -0.3 is 9.30 Å². The summed E-state index contributed by atoms with van der Waals surface area (Å²) in [5.74, 6) is 1.18. The van der Waals surface area contributed by atoms with Crippen LogP contribution in [0.4, 0.5) is 5.69 Å². The van der Waals surface area contributed by atoms with E-state index in [4.69, 9.17) is 9.73 Å². The maximum absolute atomic E-state index is 13.3. The molecule has 0 radical (unpaired) electrons. The Balaban J connectivity index is 1.70. The molecule has 0 aliphatic carbocycles. The van der Waals surface area contributed by atoms with Gasteiger partial charge in [0.2, 0.25) is 0 Å². The first-order chi connectivity index (χ1) is 15.9. The molecule has 1 fully saturated rings. The Hall–Kier alpha value is -3.25. The maximum atomic E-state index is 13.3. The molecule has 4 rings (SSSR count). The second-order valence-electron chi connectivity index (χ2n) is 8.51. The summed E-state index contributed by atoms with van der Waals surface area (Å²) in [6, 6.07) is 19.9. The third kappa shape index (κ3) is 4.91. The number of para-hydroxylation sites is 1. The van der Waals surface area contributed by atoms with Crippen LogP contribution in [0.15, 0.2) is 70.6 Å². The molecular formula is C27H29N3O2S. The molecule has 0 spiro atoms. The molecule has 3 aromatic rings. The molecule has 6 heteroatoms. The van der Waals surface area contributed by atoms with Gasteiger partial charge in [0.05, 0.1) is 17.7 Å². The smallest absolute Gasteiger partial charge is 0.266 e. The molecule has 33 heavy (non-hydrogen) atoms. The summed E-state index contributed by atoms with van der Waals surface area (Å²) in [7, 11) is 1.67. The van der Waals surface area contributed by atoms with Gasteiger partial charge in [-0.15, -0.1) is 0 Å². The van der Waals surface area contributed by atoms with Crippen molar-refractivity contribution in [3.8, 4) is 11.4 Å².